The second kappa shape index (κ2) is 10.8. The van der Waals surface area contributed by atoms with Crippen molar-refractivity contribution >= 4 is 11.9 Å². The van der Waals surface area contributed by atoms with Crippen LogP contribution in [0.2, 0.25) is 0 Å². The van der Waals surface area contributed by atoms with Crippen LogP contribution in [0.4, 0.5) is 0 Å². The van der Waals surface area contributed by atoms with Gasteiger partial charge in [0.05, 0.1) is 0 Å². The van der Waals surface area contributed by atoms with E-state index in [-0.39, 0.29) is 5.92 Å². The summed E-state index contributed by atoms with van der Waals surface area (Å²) in [6, 6.07) is 0.868. The summed E-state index contributed by atoms with van der Waals surface area (Å²) in [6.07, 6.45) is 6.90. The van der Waals surface area contributed by atoms with E-state index >= 15 is 0 Å². The van der Waals surface area contributed by atoms with Gasteiger partial charge in [0.1, 0.15) is 0 Å². The molecule has 1 aliphatic carbocycles. The third kappa shape index (κ3) is 6.15. The maximum atomic E-state index is 12.7. The Kier molecular flexibility index (Phi) is 8.69. The average Bonchev–Trinajstić information content (AvgIpc) is 3.12. The Hall–Kier alpha value is -1.30. The van der Waals surface area contributed by atoms with Crippen molar-refractivity contribution in [2.75, 3.05) is 39.8 Å². The van der Waals surface area contributed by atoms with Crippen molar-refractivity contribution in [3.05, 3.63) is 0 Å². The lowest BCUT2D eigenvalue weighted by molar-refractivity contribution is -0.135. The van der Waals surface area contributed by atoms with Crippen molar-refractivity contribution in [3.63, 3.8) is 0 Å². The highest BCUT2D eigenvalue weighted by atomic mass is 16.2. The number of nitrogens with one attached hydrogen (secondary N) is 2. The zero-order valence-electron chi connectivity index (χ0n) is 17.3. The fourth-order valence-electron chi connectivity index (χ4n) is 4.17. The minimum absolute atomic E-state index is 0.274. The number of carbonyl (C=O) groups is 1. The fourth-order valence-corrected chi connectivity index (χ4v) is 4.17. The molecule has 1 amide bonds. The Balaban J connectivity index is 1.72. The highest BCUT2D eigenvalue weighted by Crippen LogP contribution is 2.26. The molecular formula is C20H39N5O. The van der Waals surface area contributed by atoms with Crippen LogP contribution in [-0.2, 0) is 4.79 Å². The molecule has 2 N–H and O–H groups in total. The van der Waals surface area contributed by atoms with E-state index in [1.165, 1.54) is 19.3 Å². The van der Waals surface area contributed by atoms with E-state index in [1.807, 2.05) is 7.05 Å². The van der Waals surface area contributed by atoms with Crippen molar-refractivity contribution in [1.82, 2.24) is 20.4 Å². The predicted molar refractivity (Wildman–Crippen MR) is 108 cm³/mol. The Bertz CT molecular complexity index is 459. The molecule has 0 radical (unpaired) electrons. The molecule has 6 nitrogen and oxygen atoms in total. The number of rotatable bonds is 7. The van der Waals surface area contributed by atoms with Gasteiger partial charge in [-0.15, -0.1) is 0 Å². The number of hydrogen-bond acceptors (Lipinski definition) is 3. The first-order valence-electron chi connectivity index (χ1n) is 10.5. The smallest absolute Gasteiger partial charge is 0.225 e. The van der Waals surface area contributed by atoms with Gasteiger partial charge in [-0.1, -0.05) is 26.2 Å². The first-order chi connectivity index (χ1) is 12.5. The Morgan fingerprint density at radius 2 is 1.96 bits per heavy atom. The van der Waals surface area contributed by atoms with Crippen molar-refractivity contribution in [2.45, 2.75) is 71.4 Å². The molecule has 1 unspecified atom stereocenters. The summed E-state index contributed by atoms with van der Waals surface area (Å²) >= 11 is 0. The van der Waals surface area contributed by atoms with Gasteiger partial charge in [0, 0.05) is 51.2 Å². The molecule has 2 rings (SSSR count). The van der Waals surface area contributed by atoms with Crippen molar-refractivity contribution in [3.8, 4) is 0 Å². The largest absolute Gasteiger partial charge is 0.355 e. The number of aliphatic imine (C=N–C) groups is 1. The van der Waals surface area contributed by atoms with E-state index in [0.29, 0.717) is 18.0 Å². The molecule has 1 saturated carbocycles. The number of likely N-dealkylation sites (N-methyl/N-ethyl adjacent to an activating group) is 1. The number of likely N-dealkylation sites (tertiary alicyclic amines) is 1. The van der Waals surface area contributed by atoms with Gasteiger partial charge in [0.2, 0.25) is 5.91 Å². The quantitative estimate of drug-likeness (QED) is 0.536. The molecular weight excluding hydrogens is 326 g/mol. The molecule has 2 aliphatic rings. The Labute approximate surface area is 159 Å². The summed E-state index contributed by atoms with van der Waals surface area (Å²) in [4.78, 5) is 21.5. The normalized spacial score (nSPS) is 22.3. The highest BCUT2D eigenvalue weighted by molar-refractivity contribution is 5.81. The minimum Gasteiger partial charge on any atom is -0.355 e. The molecule has 0 aromatic rings. The lowest BCUT2D eigenvalue weighted by Crippen LogP contribution is -2.47. The average molecular weight is 366 g/mol. The van der Waals surface area contributed by atoms with Crippen LogP contribution < -0.4 is 10.6 Å². The van der Waals surface area contributed by atoms with Crippen LogP contribution in [0.5, 0.6) is 0 Å². The first kappa shape index (κ1) is 21.0. The van der Waals surface area contributed by atoms with E-state index in [9.17, 15) is 4.79 Å². The monoisotopic (exact) mass is 365 g/mol. The topological polar surface area (TPSA) is 60.0 Å². The molecule has 26 heavy (non-hydrogen) atoms. The van der Waals surface area contributed by atoms with Crippen LogP contribution in [0.1, 0.15) is 59.3 Å². The molecule has 1 aliphatic heterocycles. The van der Waals surface area contributed by atoms with Gasteiger partial charge in [-0.25, -0.2) is 0 Å². The van der Waals surface area contributed by atoms with Gasteiger partial charge < -0.3 is 15.5 Å². The fraction of sp³-hybridized carbons (Fsp3) is 0.900. The zero-order valence-corrected chi connectivity index (χ0v) is 17.3. The summed E-state index contributed by atoms with van der Waals surface area (Å²) in [6.45, 7) is 11.3. The van der Waals surface area contributed by atoms with Gasteiger partial charge in [0.25, 0.3) is 0 Å². The molecule has 150 valence electrons. The third-order valence-electron chi connectivity index (χ3n) is 5.85. The van der Waals surface area contributed by atoms with Crippen molar-refractivity contribution in [2.24, 2.45) is 10.9 Å². The molecule has 2 fully saturated rings. The van der Waals surface area contributed by atoms with Gasteiger partial charge in [0.15, 0.2) is 5.96 Å². The summed E-state index contributed by atoms with van der Waals surface area (Å²) < 4.78 is 0. The van der Waals surface area contributed by atoms with Gasteiger partial charge >= 0.3 is 0 Å². The lowest BCUT2D eigenvalue weighted by atomic mass is 9.88. The van der Waals surface area contributed by atoms with Crippen molar-refractivity contribution < 1.29 is 4.79 Å². The van der Waals surface area contributed by atoms with Crippen LogP contribution in [0.25, 0.3) is 0 Å². The number of carbonyl (C=O) groups excluding carboxylic acids is 1. The molecule has 0 aromatic heterocycles. The van der Waals surface area contributed by atoms with Crippen LogP contribution in [0.15, 0.2) is 4.99 Å². The van der Waals surface area contributed by atoms with E-state index < -0.39 is 0 Å². The maximum Gasteiger partial charge on any atom is 0.225 e. The molecule has 1 heterocycles. The molecule has 0 bridgehead atoms. The molecule has 0 aromatic carbocycles. The Morgan fingerprint density at radius 3 is 2.58 bits per heavy atom. The SMILES string of the molecule is CCN(CCNC(=NC)NC1CCN(C(=O)C2CCCCC2)C1)C(C)C. The van der Waals surface area contributed by atoms with Gasteiger partial charge in [-0.05, 0) is 39.7 Å². The standard InChI is InChI=1S/C20H39N5O/c1-5-24(16(2)3)14-12-22-20(21-4)23-18-11-13-25(15-18)19(26)17-9-7-6-8-10-17/h16-18H,5-15H2,1-4H3,(H2,21,22,23). The first-order valence-corrected chi connectivity index (χ1v) is 10.5. The molecule has 6 heteroatoms. The second-order valence-corrected chi connectivity index (χ2v) is 7.97. The summed E-state index contributed by atoms with van der Waals surface area (Å²) in [7, 11) is 1.81. The summed E-state index contributed by atoms with van der Waals surface area (Å²) in [5.74, 6) is 1.50. The van der Waals surface area contributed by atoms with E-state index in [0.717, 1.165) is 57.9 Å². The number of hydrogen-bond donors (Lipinski definition) is 2. The number of nitrogens with zero attached hydrogens (tertiary/aromatic N) is 3. The van der Waals surface area contributed by atoms with Crippen LogP contribution >= 0.6 is 0 Å². The highest BCUT2D eigenvalue weighted by Gasteiger charge is 2.31. The van der Waals surface area contributed by atoms with Crippen LogP contribution in [0.3, 0.4) is 0 Å². The Morgan fingerprint density at radius 1 is 1.23 bits per heavy atom. The van der Waals surface area contributed by atoms with Crippen molar-refractivity contribution in [1.29, 1.82) is 0 Å². The zero-order chi connectivity index (χ0) is 18.9. The summed E-state index contributed by atoms with van der Waals surface area (Å²) in [5, 5.41) is 6.92. The van der Waals surface area contributed by atoms with Crippen LogP contribution in [-0.4, -0.2) is 73.5 Å². The van der Waals surface area contributed by atoms with E-state index in [4.69, 9.17) is 0 Å². The van der Waals surface area contributed by atoms with Gasteiger partial charge in [-0.3, -0.25) is 14.7 Å². The molecule has 1 atom stereocenters. The lowest BCUT2D eigenvalue weighted by Gasteiger charge is -2.27. The summed E-state index contributed by atoms with van der Waals surface area (Å²) in [5.41, 5.74) is 0. The third-order valence-corrected chi connectivity index (χ3v) is 5.85. The maximum absolute atomic E-state index is 12.7. The predicted octanol–water partition coefficient (Wildman–Crippen LogP) is 2.06. The molecule has 1 saturated heterocycles. The second-order valence-electron chi connectivity index (χ2n) is 7.97. The minimum atomic E-state index is 0.274. The molecule has 0 spiro atoms. The number of amides is 1. The number of guanidine groups is 1. The van der Waals surface area contributed by atoms with E-state index in [1.54, 1.807) is 0 Å². The van der Waals surface area contributed by atoms with E-state index in [2.05, 4.69) is 46.2 Å². The van der Waals surface area contributed by atoms with Gasteiger partial charge in [-0.2, -0.15) is 0 Å². The van der Waals surface area contributed by atoms with Crippen LogP contribution in [0, 0.1) is 5.92 Å².